The molecule has 2 aliphatic heterocycles. The summed E-state index contributed by atoms with van der Waals surface area (Å²) in [5.74, 6) is -0.175. The lowest BCUT2D eigenvalue weighted by atomic mass is 9.87. The highest BCUT2D eigenvalue weighted by Gasteiger charge is 2.41. The number of anilines is 1. The van der Waals surface area contributed by atoms with Gasteiger partial charge in [0, 0.05) is 38.3 Å². The highest BCUT2D eigenvalue weighted by atomic mass is 19.1. The van der Waals surface area contributed by atoms with E-state index in [-0.39, 0.29) is 36.1 Å². The van der Waals surface area contributed by atoms with Gasteiger partial charge in [0.2, 0.25) is 5.91 Å². The van der Waals surface area contributed by atoms with Gasteiger partial charge in [0.15, 0.2) is 6.04 Å². The van der Waals surface area contributed by atoms with E-state index in [1.54, 1.807) is 12.1 Å². The predicted octanol–water partition coefficient (Wildman–Crippen LogP) is 0.237. The van der Waals surface area contributed by atoms with E-state index >= 15 is 0 Å². The maximum atomic E-state index is 13.1. The number of halogens is 1. The number of fused-ring (bicyclic) bond motifs is 1. The summed E-state index contributed by atoms with van der Waals surface area (Å²) in [6, 6.07) is 6.86. The molecule has 1 aliphatic carbocycles. The smallest absolute Gasteiger partial charge is 0.279 e. The molecule has 3 aliphatic rings. The normalized spacial score (nSPS) is 28.5. The van der Waals surface area contributed by atoms with Gasteiger partial charge in [-0.15, -0.1) is 0 Å². The van der Waals surface area contributed by atoms with E-state index < -0.39 is 0 Å². The minimum absolute atomic E-state index is 0.0106. The van der Waals surface area contributed by atoms with Gasteiger partial charge < -0.3 is 20.4 Å². The van der Waals surface area contributed by atoms with Crippen LogP contribution in [-0.4, -0.2) is 61.0 Å². The lowest BCUT2D eigenvalue weighted by Crippen LogP contribution is -3.03. The molecule has 1 aromatic carbocycles. The van der Waals surface area contributed by atoms with Crippen LogP contribution in [0.15, 0.2) is 24.3 Å². The summed E-state index contributed by atoms with van der Waals surface area (Å²) in [6.07, 6.45) is 4.83. The zero-order chi connectivity index (χ0) is 18.8. The van der Waals surface area contributed by atoms with E-state index in [9.17, 15) is 14.0 Å². The molecule has 0 radical (unpaired) electrons. The van der Waals surface area contributed by atoms with Crippen LogP contribution in [0, 0.1) is 5.82 Å². The van der Waals surface area contributed by atoms with Crippen molar-refractivity contribution in [2.45, 2.75) is 50.2 Å². The van der Waals surface area contributed by atoms with Gasteiger partial charge >= 0.3 is 0 Å². The number of carbonyl (C=O) groups excluding carboxylic acids is 2. The fourth-order valence-corrected chi connectivity index (χ4v) is 4.59. The number of nitrogens with one attached hydrogen (secondary N) is 1. The molecule has 1 saturated carbocycles. The molecule has 3 fully saturated rings. The largest absolute Gasteiger partial charge is 0.368 e. The molecular formula is C20H28FN4O2+. The third kappa shape index (κ3) is 4.08. The second-order valence-corrected chi connectivity index (χ2v) is 7.91. The molecule has 2 amide bonds. The second-order valence-electron chi connectivity index (χ2n) is 7.91. The van der Waals surface area contributed by atoms with E-state index in [0.29, 0.717) is 19.1 Å². The van der Waals surface area contributed by atoms with Crippen molar-refractivity contribution in [3.05, 3.63) is 30.1 Å². The Morgan fingerprint density at radius 3 is 2.56 bits per heavy atom. The molecule has 1 aromatic rings. The molecule has 4 rings (SSSR count). The van der Waals surface area contributed by atoms with Gasteiger partial charge in [-0.25, -0.2) is 4.39 Å². The number of carbonyl (C=O) groups is 2. The van der Waals surface area contributed by atoms with Crippen molar-refractivity contribution in [1.29, 1.82) is 0 Å². The quantitative estimate of drug-likeness (QED) is 0.795. The Labute approximate surface area is 159 Å². The number of nitrogens with zero attached hydrogens (tertiary/aromatic N) is 2. The van der Waals surface area contributed by atoms with Crippen LogP contribution in [-0.2, 0) is 9.59 Å². The maximum Gasteiger partial charge on any atom is 0.279 e. The van der Waals surface area contributed by atoms with Crippen LogP contribution >= 0.6 is 0 Å². The number of hydrogen-bond acceptors (Lipinski definition) is 3. The summed E-state index contributed by atoms with van der Waals surface area (Å²) in [5, 5.41) is 5.26. The van der Waals surface area contributed by atoms with E-state index in [4.69, 9.17) is 0 Å². The molecule has 0 bridgehead atoms. The fraction of sp³-hybridized carbons (Fsp3) is 0.600. The van der Waals surface area contributed by atoms with Crippen molar-refractivity contribution in [2.24, 2.45) is 0 Å². The predicted molar refractivity (Wildman–Crippen MR) is 99.7 cm³/mol. The van der Waals surface area contributed by atoms with Crippen LogP contribution in [0.25, 0.3) is 0 Å². The van der Waals surface area contributed by atoms with E-state index in [2.05, 4.69) is 15.5 Å². The van der Waals surface area contributed by atoms with Gasteiger partial charge in [-0.2, -0.15) is 0 Å². The Bertz CT molecular complexity index is 688. The van der Waals surface area contributed by atoms with Crippen molar-refractivity contribution in [3.8, 4) is 0 Å². The van der Waals surface area contributed by atoms with Crippen LogP contribution in [0.4, 0.5) is 10.1 Å². The first-order chi connectivity index (χ1) is 13.1. The van der Waals surface area contributed by atoms with Gasteiger partial charge in [0.25, 0.3) is 5.91 Å². The van der Waals surface area contributed by atoms with Gasteiger partial charge in [-0.3, -0.25) is 9.59 Å². The molecule has 3 atom stereocenters. The molecule has 7 heteroatoms. The van der Waals surface area contributed by atoms with Crippen molar-refractivity contribution in [3.63, 3.8) is 0 Å². The van der Waals surface area contributed by atoms with E-state index in [1.807, 2.05) is 4.90 Å². The number of benzene rings is 1. The Morgan fingerprint density at radius 1 is 1.11 bits per heavy atom. The molecule has 0 unspecified atom stereocenters. The fourth-order valence-electron chi connectivity index (χ4n) is 4.59. The van der Waals surface area contributed by atoms with Gasteiger partial charge in [-0.05, 0) is 37.1 Å². The average molecular weight is 375 g/mol. The monoisotopic (exact) mass is 375 g/mol. The number of rotatable bonds is 3. The molecule has 6 nitrogen and oxygen atoms in total. The molecule has 27 heavy (non-hydrogen) atoms. The first-order valence-electron chi connectivity index (χ1n) is 10.0. The minimum Gasteiger partial charge on any atom is -0.368 e. The number of nitrogens with two attached hydrogens (primary N) is 1. The molecule has 3 N–H and O–H groups in total. The van der Waals surface area contributed by atoms with Crippen LogP contribution in [0.2, 0.25) is 0 Å². The first kappa shape index (κ1) is 18.2. The molecular weight excluding hydrogens is 347 g/mol. The maximum absolute atomic E-state index is 13.1. The Kier molecular flexibility index (Phi) is 5.29. The van der Waals surface area contributed by atoms with Gasteiger partial charge in [0.1, 0.15) is 11.9 Å². The lowest BCUT2D eigenvalue weighted by molar-refractivity contribution is -0.718. The minimum atomic E-state index is -0.299. The summed E-state index contributed by atoms with van der Waals surface area (Å²) in [4.78, 5) is 29.1. The van der Waals surface area contributed by atoms with Crippen molar-refractivity contribution < 1.29 is 19.3 Å². The topological polar surface area (TPSA) is 69.3 Å². The zero-order valence-corrected chi connectivity index (χ0v) is 15.6. The molecule has 0 aromatic heterocycles. The van der Waals surface area contributed by atoms with Crippen LogP contribution < -0.4 is 15.5 Å². The highest BCUT2D eigenvalue weighted by molar-refractivity contribution is 5.87. The second kappa shape index (κ2) is 7.84. The average Bonchev–Trinajstić information content (AvgIpc) is 2.69. The third-order valence-electron chi connectivity index (χ3n) is 6.18. The van der Waals surface area contributed by atoms with Crippen molar-refractivity contribution in [2.75, 3.05) is 31.1 Å². The van der Waals surface area contributed by atoms with E-state index in [1.165, 1.54) is 25.0 Å². The molecule has 0 spiro atoms. The van der Waals surface area contributed by atoms with Crippen molar-refractivity contribution in [1.82, 2.24) is 10.2 Å². The van der Waals surface area contributed by atoms with Gasteiger partial charge in [-0.1, -0.05) is 6.42 Å². The first-order valence-corrected chi connectivity index (χ1v) is 10.0. The summed E-state index contributed by atoms with van der Waals surface area (Å²) in [7, 11) is 0. The molecule has 146 valence electrons. The summed E-state index contributed by atoms with van der Waals surface area (Å²) >= 11 is 0. The highest BCUT2D eigenvalue weighted by Crippen LogP contribution is 2.20. The standard InChI is InChI=1S/C20H27FN4O2/c21-14-5-7-15(8-6-14)24-9-11-25(12-10-24)19(26)13-18-20(27)23-17-4-2-1-3-16(17)22-18/h5-8,16-18,22H,1-4,9-13H2,(H,23,27)/p+1/t16-,17+,18+/m1/s1. The number of hydrogen-bond donors (Lipinski definition) is 2. The third-order valence-corrected chi connectivity index (χ3v) is 6.18. The molecule has 2 heterocycles. The summed E-state index contributed by atoms with van der Waals surface area (Å²) in [5.41, 5.74) is 0.979. The Morgan fingerprint density at radius 2 is 1.81 bits per heavy atom. The lowest BCUT2D eigenvalue weighted by Gasteiger charge is -2.39. The van der Waals surface area contributed by atoms with Crippen LogP contribution in [0.3, 0.4) is 0 Å². The van der Waals surface area contributed by atoms with Crippen LogP contribution in [0.5, 0.6) is 0 Å². The number of piperazine rings is 2. The zero-order valence-electron chi connectivity index (χ0n) is 15.6. The number of amides is 2. The van der Waals surface area contributed by atoms with Crippen molar-refractivity contribution >= 4 is 17.5 Å². The van der Waals surface area contributed by atoms with Crippen LogP contribution in [0.1, 0.15) is 32.1 Å². The molecule has 2 saturated heterocycles. The SMILES string of the molecule is O=C1N[C@H]2CCCC[C@H]2[NH2+][C@H]1CC(=O)N1CCN(c2ccc(F)cc2)CC1. The number of quaternary nitrogens is 1. The summed E-state index contributed by atoms with van der Waals surface area (Å²) in [6.45, 7) is 2.72. The van der Waals surface area contributed by atoms with E-state index in [0.717, 1.165) is 31.6 Å². The summed E-state index contributed by atoms with van der Waals surface area (Å²) < 4.78 is 13.1. The van der Waals surface area contributed by atoms with Gasteiger partial charge in [0.05, 0.1) is 12.5 Å². The Balaban J connectivity index is 1.29. The Hall–Kier alpha value is -2.15.